The Balaban J connectivity index is 1.91. The number of anilines is 1. The lowest BCUT2D eigenvalue weighted by Crippen LogP contribution is -2.45. The van der Waals surface area contributed by atoms with Crippen molar-refractivity contribution in [3.05, 3.63) is 89.0 Å². The Morgan fingerprint density at radius 1 is 0.914 bits per heavy atom. The first-order chi connectivity index (χ1) is 16.7. The van der Waals surface area contributed by atoms with Crippen LogP contribution in [-0.2, 0) is 4.79 Å². The first kappa shape index (κ1) is 25.0. The van der Waals surface area contributed by atoms with Crippen molar-refractivity contribution in [3.63, 3.8) is 0 Å². The molecule has 2 amide bonds. The van der Waals surface area contributed by atoms with Crippen molar-refractivity contribution < 1.29 is 27.8 Å². The third-order valence-corrected chi connectivity index (χ3v) is 5.00. The molecule has 35 heavy (non-hydrogen) atoms. The molecular weight excluding hydrogens is 460 g/mol. The summed E-state index contributed by atoms with van der Waals surface area (Å²) in [6.07, 6.45) is 0. The van der Waals surface area contributed by atoms with Gasteiger partial charge in [-0.3, -0.25) is 25.8 Å². The SMILES string of the molecule is COc1cc(F)c(C(Nc2ccc(C(=N)N)cc2)C(=O)NNC(=O)c2ccccc2F)cc1OC. The number of nitrogens with one attached hydrogen (secondary N) is 4. The third kappa shape index (κ3) is 5.82. The van der Waals surface area contributed by atoms with Crippen LogP contribution in [0.2, 0.25) is 0 Å². The van der Waals surface area contributed by atoms with Crippen LogP contribution >= 0.6 is 0 Å². The third-order valence-electron chi connectivity index (χ3n) is 5.00. The van der Waals surface area contributed by atoms with Crippen molar-refractivity contribution in [2.45, 2.75) is 6.04 Å². The predicted octanol–water partition coefficient (Wildman–Crippen LogP) is 2.88. The molecule has 0 aliphatic rings. The minimum atomic E-state index is -1.36. The summed E-state index contributed by atoms with van der Waals surface area (Å²) >= 11 is 0. The highest BCUT2D eigenvalue weighted by molar-refractivity contribution is 5.97. The van der Waals surface area contributed by atoms with Gasteiger partial charge in [-0.15, -0.1) is 0 Å². The lowest BCUT2D eigenvalue weighted by atomic mass is 10.0. The van der Waals surface area contributed by atoms with Crippen LogP contribution in [0.1, 0.15) is 27.5 Å². The van der Waals surface area contributed by atoms with Crippen LogP contribution < -0.4 is 31.4 Å². The number of carbonyl (C=O) groups is 2. The second-order valence-electron chi connectivity index (χ2n) is 7.22. The molecule has 3 aromatic carbocycles. The highest BCUT2D eigenvalue weighted by Gasteiger charge is 2.27. The Bertz CT molecular complexity index is 1250. The smallest absolute Gasteiger partial charge is 0.272 e. The van der Waals surface area contributed by atoms with E-state index < -0.39 is 29.5 Å². The quantitative estimate of drug-likeness (QED) is 0.190. The van der Waals surface area contributed by atoms with Crippen molar-refractivity contribution >= 4 is 23.3 Å². The number of methoxy groups -OCH3 is 2. The molecular formula is C24H23F2N5O4. The largest absolute Gasteiger partial charge is 0.493 e. The molecule has 0 aliphatic heterocycles. The second kappa shape index (κ2) is 11.0. The van der Waals surface area contributed by atoms with E-state index >= 15 is 4.39 Å². The summed E-state index contributed by atoms with van der Waals surface area (Å²) in [6.45, 7) is 0. The number of carbonyl (C=O) groups excluding carboxylic acids is 2. The fourth-order valence-electron chi connectivity index (χ4n) is 3.19. The van der Waals surface area contributed by atoms with Gasteiger partial charge in [-0.05, 0) is 42.5 Å². The molecule has 1 atom stereocenters. The number of hydrogen-bond donors (Lipinski definition) is 5. The topological polar surface area (TPSA) is 139 Å². The van der Waals surface area contributed by atoms with Gasteiger partial charge in [-0.25, -0.2) is 8.78 Å². The number of halogens is 2. The Hall–Kier alpha value is -4.67. The molecule has 0 saturated heterocycles. The highest BCUT2D eigenvalue weighted by atomic mass is 19.1. The standard InChI is InChI=1S/C24H23F2N5O4/c1-34-19-11-16(18(26)12-20(19)35-2)21(29-14-9-7-13(8-10-14)22(27)28)24(33)31-30-23(32)15-5-3-4-6-17(15)25/h3-12,21,29H,1-2H3,(H3,27,28)(H,30,32)(H,31,33). The van der Waals surface area contributed by atoms with Crippen LogP contribution in [0.3, 0.4) is 0 Å². The number of benzene rings is 3. The van der Waals surface area contributed by atoms with E-state index in [0.717, 1.165) is 12.1 Å². The van der Waals surface area contributed by atoms with Crippen LogP contribution in [0, 0.1) is 17.0 Å². The average Bonchev–Trinajstić information content (AvgIpc) is 2.86. The maximum atomic E-state index is 15.0. The van der Waals surface area contributed by atoms with Crippen molar-refractivity contribution in [2.75, 3.05) is 19.5 Å². The van der Waals surface area contributed by atoms with Crippen molar-refractivity contribution in [1.29, 1.82) is 5.41 Å². The average molecular weight is 483 g/mol. The monoisotopic (exact) mass is 483 g/mol. The van der Waals surface area contributed by atoms with E-state index in [1.54, 1.807) is 24.3 Å². The lowest BCUT2D eigenvalue weighted by Gasteiger charge is -2.22. The minimum Gasteiger partial charge on any atom is -0.493 e. The summed E-state index contributed by atoms with van der Waals surface area (Å²) in [5, 5.41) is 10.4. The fraction of sp³-hybridized carbons (Fsp3) is 0.125. The summed E-state index contributed by atoms with van der Waals surface area (Å²) in [6, 6.07) is 12.4. The molecule has 3 aromatic rings. The molecule has 11 heteroatoms. The molecule has 3 rings (SSSR count). The van der Waals surface area contributed by atoms with Crippen LogP contribution in [0.4, 0.5) is 14.5 Å². The maximum absolute atomic E-state index is 15.0. The Morgan fingerprint density at radius 3 is 2.14 bits per heavy atom. The van der Waals surface area contributed by atoms with Crippen LogP contribution in [0.15, 0.2) is 60.7 Å². The Morgan fingerprint density at radius 2 is 1.54 bits per heavy atom. The van der Waals surface area contributed by atoms with Crippen molar-refractivity contribution in [3.8, 4) is 11.5 Å². The number of nitrogen functional groups attached to an aromatic ring is 1. The van der Waals surface area contributed by atoms with Gasteiger partial charge in [-0.1, -0.05) is 12.1 Å². The van der Waals surface area contributed by atoms with Crippen molar-refractivity contribution in [2.24, 2.45) is 5.73 Å². The lowest BCUT2D eigenvalue weighted by molar-refractivity contribution is -0.122. The zero-order valence-corrected chi connectivity index (χ0v) is 18.8. The minimum absolute atomic E-state index is 0.115. The number of amides is 2. The van der Waals surface area contributed by atoms with Gasteiger partial charge >= 0.3 is 0 Å². The molecule has 182 valence electrons. The zero-order valence-electron chi connectivity index (χ0n) is 18.8. The molecule has 0 heterocycles. The molecule has 6 N–H and O–H groups in total. The number of nitrogens with two attached hydrogens (primary N) is 1. The summed E-state index contributed by atoms with van der Waals surface area (Å²) in [5.41, 5.74) is 10.2. The van der Waals surface area contributed by atoms with Gasteiger partial charge in [-0.2, -0.15) is 0 Å². The van der Waals surface area contributed by atoms with Crippen LogP contribution in [0.5, 0.6) is 11.5 Å². The van der Waals surface area contributed by atoms with Gasteiger partial charge in [0.25, 0.3) is 11.8 Å². The Kier molecular flexibility index (Phi) is 7.82. The number of hydrazine groups is 1. The van der Waals surface area contributed by atoms with Crippen molar-refractivity contribution in [1.82, 2.24) is 10.9 Å². The van der Waals surface area contributed by atoms with E-state index in [1.165, 1.54) is 38.5 Å². The summed E-state index contributed by atoms with van der Waals surface area (Å²) in [4.78, 5) is 25.4. The summed E-state index contributed by atoms with van der Waals surface area (Å²) in [5.74, 6) is -3.16. The van der Waals surface area contributed by atoms with E-state index in [-0.39, 0.29) is 28.5 Å². The van der Waals surface area contributed by atoms with E-state index in [2.05, 4.69) is 16.2 Å². The van der Waals surface area contributed by atoms with E-state index in [9.17, 15) is 14.0 Å². The molecule has 0 fully saturated rings. The van der Waals surface area contributed by atoms with Gasteiger partial charge in [0.1, 0.15) is 23.5 Å². The molecule has 0 aliphatic carbocycles. The molecule has 9 nitrogen and oxygen atoms in total. The van der Waals surface area contributed by atoms with Gasteiger partial charge in [0, 0.05) is 22.9 Å². The van der Waals surface area contributed by atoms with Crippen LogP contribution in [-0.4, -0.2) is 31.9 Å². The number of hydrogen-bond acceptors (Lipinski definition) is 6. The van der Waals surface area contributed by atoms with Gasteiger partial charge in [0.2, 0.25) is 0 Å². The van der Waals surface area contributed by atoms with E-state index in [0.29, 0.717) is 11.3 Å². The number of amidine groups is 1. The predicted molar refractivity (Wildman–Crippen MR) is 125 cm³/mol. The molecule has 1 unspecified atom stereocenters. The first-order valence-corrected chi connectivity index (χ1v) is 10.2. The van der Waals surface area contributed by atoms with Gasteiger partial charge < -0.3 is 20.5 Å². The number of rotatable bonds is 8. The van der Waals surface area contributed by atoms with E-state index in [1.807, 2.05) is 0 Å². The molecule has 0 aromatic heterocycles. The highest BCUT2D eigenvalue weighted by Crippen LogP contribution is 2.33. The van der Waals surface area contributed by atoms with Gasteiger partial charge in [0.05, 0.1) is 19.8 Å². The van der Waals surface area contributed by atoms with Gasteiger partial charge in [0.15, 0.2) is 11.5 Å². The maximum Gasteiger partial charge on any atom is 0.272 e. The molecule has 0 radical (unpaired) electrons. The Labute approximate surface area is 199 Å². The fourth-order valence-corrected chi connectivity index (χ4v) is 3.19. The summed E-state index contributed by atoms with van der Waals surface area (Å²) < 4.78 is 39.2. The molecule has 0 spiro atoms. The first-order valence-electron chi connectivity index (χ1n) is 10.2. The second-order valence-corrected chi connectivity index (χ2v) is 7.22. The van der Waals surface area contributed by atoms with Crippen LogP contribution in [0.25, 0.3) is 0 Å². The molecule has 0 bridgehead atoms. The normalized spacial score (nSPS) is 11.2. The zero-order chi connectivity index (χ0) is 25.5. The van der Waals surface area contributed by atoms with E-state index in [4.69, 9.17) is 20.6 Å². The summed E-state index contributed by atoms with van der Waals surface area (Å²) in [7, 11) is 2.70. The number of ether oxygens (including phenoxy) is 2. The molecule has 0 saturated carbocycles.